The molecule has 6 atom stereocenters. The lowest BCUT2D eigenvalue weighted by Crippen LogP contribution is -2.60. The lowest BCUT2D eigenvalue weighted by atomic mass is 9.99. The molecule has 6 unspecified atom stereocenters. The maximum absolute atomic E-state index is 12.2. The van der Waals surface area contributed by atoms with Gasteiger partial charge in [-0.25, -0.2) is 4.18 Å². The van der Waals surface area contributed by atoms with E-state index in [2.05, 4.69) is 47.6 Å². The van der Waals surface area contributed by atoms with E-state index in [0.29, 0.717) is 13.0 Å². The maximum Gasteiger partial charge on any atom is 0.397 e. The molecule has 0 bridgehead atoms. The zero-order valence-corrected chi connectivity index (χ0v) is 34.1. The average molecular weight is 791 g/mol. The number of ether oxygens (including phenoxy) is 4. The number of unbranched alkanes of at least 4 members (excludes halogenated alkanes) is 16. The molecule has 1 fully saturated rings. The van der Waals surface area contributed by atoms with Gasteiger partial charge >= 0.3 is 16.4 Å². The van der Waals surface area contributed by atoms with Crippen LogP contribution in [0.25, 0.3) is 0 Å². The standard InChI is InChI=1S/C41H74O12S/c1-3-5-6-7-8-9-10-11-12-13-14-15-16-17-18-19-20-21-22-23-24-25-26-27-28-29-31-49-33-35(51-37(43)30-4-2)34-50-41-39(45)40(53-54(46,47)48)38(44)36(32-42)52-41/h10-11,13-14,16-17,35-36,38-42,44-45H,3-9,12,15,18-34H2,1-2H3,(H,46,47,48)/b11-10-,14-13-,17-16-. The highest BCUT2D eigenvalue weighted by atomic mass is 32.3. The monoisotopic (exact) mass is 790 g/mol. The van der Waals surface area contributed by atoms with Gasteiger partial charge in [0.25, 0.3) is 0 Å². The van der Waals surface area contributed by atoms with Crippen LogP contribution in [0.4, 0.5) is 0 Å². The van der Waals surface area contributed by atoms with E-state index in [0.717, 1.165) is 32.1 Å². The molecule has 0 aromatic heterocycles. The predicted molar refractivity (Wildman–Crippen MR) is 211 cm³/mol. The minimum Gasteiger partial charge on any atom is -0.457 e. The first kappa shape index (κ1) is 50.3. The van der Waals surface area contributed by atoms with E-state index in [1.807, 2.05) is 6.92 Å². The van der Waals surface area contributed by atoms with Crippen LogP contribution in [0.5, 0.6) is 0 Å². The quantitative estimate of drug-likeness (QED) is 0.0212. The Hall–Kier alpha value is -1.68. The summed E-state index contributed by atoms with van der Waals surface area (Å²) in [6, 6.07) is 0. The molecule has 1 saturated heterocycles. The number of hydrogen-bond acceptors (Lipinski definition) is 11. The third kappa shape index (κ3) is 27.0. The van der Waals surface area contributed by atoms with Crippen LogP contribution < -0.4 is 0 Å². The average Bonchev–Trinajstić information content (AvgIpc) is 3.13. The topological polar surface area (TPSA) is 178 Å². The Labute approximate surface area is 326 Å². The molecule has 4 N–H and O–H groups in total. The molecule has 1 aliphatic heterocycles. The van der Waals surface area contributed by atoms with Crippen LogP contribution in [0, 0.1) is 0 Å². The fourth-order valence-electron chi connectivity index (χ4n) is 6.13. The summed E-state index contributed by atoms with van der Waals surface area (Å²) in [5.41, 5.74) is 0. The van der Waals surface area contributed by atoms with Crippen molar-refractivity contribution in [2.45, 2.75) is 192 Å². The fraction of sp³-hybridized carbons (Fsp3) is 0.829. The number of carbonyl (C=O) groups is 1. The van der Waals surface area contributed by atoms with Crippen LogP contribution in [-0.2, 0) is 38.3 Å². The molecule has 0 saturated carbocycles. The summed E-state index contributed by atoms with van der Waals surface area (Å²) in [5, 5.41) is 30.2. The van der Waals surface area contributed by atoms with Crippen molar-refractivity contribution in [1.82, 2.24) is 0 Å². The van der Waals surface area contributed by atoms with Crippen molar-refractivity contribution in [3.63, 3.8) is 0 Å². The highest BCUT2D eigenvalue weighted by molar-refractivity contribution is 7.80. The third-order valence-electron chi connectivity index (χ3n) is 9.24. The van der Waals surface area contributed by atoms with E-state index in [1.54, 1.807) is 0 Å². The zero-order valence-electron chi connectivity index (χ0n) is 33.3. The Kier molecular flexibility index (Phi) is 31.2. The lowest BCUT2D eigenvalue weighted by Gasteiger charge is -2.41. The number of hydrogen-bond donors (Lipinski definition) is 4. The molecule has 12 nitrogen and oxygen atoms in total. The van der Waals surface area contributed by atoms with Crippen LogP contribution in [-0.4, -0.2) is 97.5 Å². The Bertz CT molecular complexity index is 1100. The number of aliphatic hydroxyl groups excluding tert-OH is 3. The summed E-state index contributed by atoms with van der Waals surface area (Å²) >= 11 is 0. The first-order valence-electron chi connectivity index (χ1n) is 20.7. The summed E-state index contributed by atoms with van der Waals surface area (Å²) in [5.74, 6) is -0.454. The Morgan fingerprint density at radius 3 is 1.74 bits per heavy atom. The Morgan fingerprint density at radius 2 is 1.22 bits per heavy atom. The number of rotatable bonds is 35. The summed E-state index contributed by atoms with van der Waals surface area (Å²) in [7, 11) is -5.04. The summed E-state index contributed by atoms with van der Waals surface area (Å²) in [6.07, 6.45) is 29.6. The molecule has 316 valence electrons. The minimum absolute atomic E-state index is 0.0281. The third-order valence-corrected chi connectivity index (χ3v) is 9.70. The highest BCUT2D eigenvalue weighted by Gasteiger charge is 2.48. The van der Waals surface area contributed by atoms with Crippen molar-refractivity contribution >= 4 is 16.4 Å². The molecular weight excluding hydrogens is 717 g/mol. The second kappa shape index (κ2) is 33.5. The normalized spacial score (nSPS) is 21.5. The predicted octanol–water partition coefficient (Wildman–Crippen LogP) is 7.85. The van der Waals surface area contributed by atoms with E-state index in [-0.39, 0.29) is 19.6 Å². The first-order chi connectivity index (χ1) is 26.1. The van der Waals surface area contributed by atoms with Crippen molar-refractivity contribution in [2.24, 2.45) is 0 Å². The molecule has 0 aromatic carbocycles. The van der Waals surface area contributed by atoms with Crippen LogP contribution in [0.15, 0.2) is 36.5 Å². The van der Waals surface area contributed by atoms with Gasteiger partial charge in [0.05, 0.1) is 19.8 Å². The molecule has 0 aliphatic carbocycles. The second-order valence-electron chi connectivity index (χ2n) is 14.2. The van der Waals surface area contributed by atoms with Gasteiger partial charge in [-0.3, -0.25) is 9.35 Å². The molecule has 13 heteroatoms. The van der Waals surface area contributed by atoms with Gasteiger partial charge in [-0.2, -0.15) is 8.42 Å². The van der Waals surface area contributed by atoms with E-state index >= 15 is 0 Å². The van der Waals surface area contributed by atoms with Gasteiger partial charge in [0.2, 0.25) is 0 Å². The number of allylic oxidation sites excluding steroid dienone is 6. The molecule has 0 radical (unpaired) electrons. The molecule has 1 rings (SSSR count). The molecular formula is C41H74O12S. The summed E-state index contributed by atoms with van der Waals surface area (Å²) in [6.45, 7) is 3.56. The van der Waals surface area contributed by atoms with Gasteiger partial charge in [-0.15, -0.1) is 0 Å². The molecule has 1 heterocycles. The van der Waals surface area contributed by atoms with Gasteiger partial charge in [0.15, 0.2) is 6.29 Å². The lowest BCUT2D eigenvalue weighted by molar-refractivity contribution is -0.301. The minimum atomic E-state index is -5.04. The van der Waals surface area contributed by atoms with Crippen LogP contribution in [0.2, 0.25) is 0 Å². The van der Waals surface area contributed by atoms with Gasteiger partial charge in [-0.05, 0) is 51.4 Å². The zero-order chi connectivity index (χ0) is 39.7. The van der Waals surface area contributed by atoms with E-state index < -0.39 is 59.8 Å². The Balaban J connectivity index is 2.11. The van der Waals surface area contributed by atoms with Crippen LogP contribution in [0.3, 0.4) is 0 Å². The number of aliphatic hydroxyl groups is 3. The second-order valence-corrected chi connectivity index (χ2v) is 15.3. The number of carbonyl (C=O) groups excluding carboxylic acids is 1. The molecule has 1 aliphatic rings. The van der Waals surface area contributed by atoms with E-state index in [1.165, 1.54) is 96.3 Å². The maximum atomic E-state index is 12.2. The number of esters is 1. The van der Waals surface area contributed by atoms with Crippen LogP contribution in [0.1, 0.15) is 155 Å². The van der Waals surface area contributed by atoms with Crippen molar-refractivity contribution in [3.8, 4) is 0 Å². The largest absolute Gasteiger partial charge is 0.457 e. The molecule has 0 amide bonds. The van der Waals surface area contributed by atoms with E-state index in [4.69, 9.17) is 23.5 Å². The Morgan fingerprint density at radius 1 is 0.704 bits per heavy atom. The fourth-order valence-corrected chi connectivity index (χ4v) is 6.64. The first-order valence-corrected chi connectivity index (χ1v) is 22.1. The van der Waals surface area contributed by atoms with Gasteiger partial charge < -0.3 is 34.3 Å². The van der Waals surface area contributed by atoms with Gasteiger partial charge in [-0.1, -0.05) is 134 Å². The van der Waals surface area contributed by atoms with Crippen molar-refractivity contribution in [3.05, 3.63) is 36.5 Å². The molecule has 0 aromatic rings. The van der Waals surface area contributed by atoms with Gasteiger partial charge in [0.1, 0.15) is 30.5 Å². The molecule has 54 heavy (non-hydrogen) atoms. The van der Waals surface area contributed by atoms with Crippen molar-refractivity contribution in [1.29, 1.82) is 0 Å². The van der Waals surface area contributed by atoms with Crippen molar-refractivity contribution in [2.75, 3.05) is 26.4 Å². The van der Waals surface area contributed by atoms with Gasteiger partial charge in [0, 0.05) is 13.0 Å². The summed E-state index contributed by atoms with van der Waals surface area (Å²) < 4.78 is 58.0. The SMILES string of the molecule is CCCCCCC/C=C\C/C=C\C/C=C\CCCCCCCCCCCCCOCC(COC1OC(CO)C(O)C(OS(=O)(=O)O)C1O)OC(=O)CCC. The van der Waals surface area contributed by atoms with Crippen molar-refractivity contribution < 1.29 is 56.2 Å². The van der Waals surface area contributed by atoms with Crippen LogP contribution >= 0.6 is 0 Å². The highest BCUT2D eigenvalue weighted by Crippen LogP contribution is 2.26. The molecule has 0 spiro atoms. The summed E-state index contributed by atoms with van der Waals surface area (Å²) in [4.78, 5) is 12.2. The smallest absolute Gasteiger partial charge is 0.397 e. The van der Waals surface area contributed by atoms with E-state index in [9.17, 15) is 28.5 Å².